The van der Waals surface area contributed by atoms with Crippen LogP contribution in [0.15, 0.2) is 89.7 Å². The van der Waals surface area contributed by atoms with Crippen molar-refractivity contribution in [2.24, 2.45) is 10.7 Å². The molecule has 0 saturated carbocycles. The number of nitrogens with zero attached hydrogens (tertiary/aromatic N) is 1. The van der Waals surface area contributed by atoms with E-state index in [0.717, 1.165) is 23.3 Å². The first-order valence-electron chi connectivity index (χ1n) is 7.85. The molecule has 5 heteroatoms. The van der Waals surface area contributed by atoms with Crippen molar-refractivity contribution < 1.29 is 9.59 Å². The predicted molar refractivity (Wildman–Crippen MR) is 103 cm³/mol. The Kier molecular flexibility index (Phi) is 8.37. The molecule has 3 N–H and O–H groups in total. The number of hydrogen-bond acceptors (Lipinski definition) is 3. The van der Waals surface area contributed by atoms with E-state index >= 15 is 0 Å². The number of aliphatic imine (C=N–C) groups is 1. The summed E-state index contributed by atoms with van der Waals surface area (Å²) in [4.78, 5) is 26.9. The summed E-state index contributed by atoms with van der Waals surface area (Å²) in [6, 6.07) is 0. The predicted octanol–water partition coefficient (Wildman–Crippen LogP) is 2.67. The van der Waals surface area contributed by atoms with E-state index in [1.807, 2.05) is 19.1 Å². The van der Waals surface area contributed by atoms with Crippen LogP contribution in [0.4, 0.5) is 0 Å². The SMILES string of the molecule is C=CC(=O)N/C=C/C=C\C(=C)C1=CC=C(C(N)=O)CN=C(CC)C=C1. The molecule has 0 spiro atoms. The Hall–Kier alpha value is -3.21. The van der Waals surface area contributed by atoms with Crippen molar-refractivity contribution in [3.05, 3.63) is 84.7 Å². The van der Waals surface area contributed by atoms with Gasteiger partial charge in [0.15, 0.2) is 0 Å². The van der Waals surface area contributed by atoms with Gasteiger partial charge in [0.1, 0.15) is 0 Å². The lowest BCUT2D eigenvalue weighted by atomic mass is 10.0. The first kappa shape index (κ1) is 19.8. The fourth-order valence-corrected chi connectivity index (χ4v) is 1.84. The van der Waals surface area contributed by atoms with Crippen molar-refractivity contribution in [3.63, 3.8) is 0 Å². The van der Waals surface area contributed by atoms with E-state index in [0.29, 0.717) is 5.57 Å². The molecule has 2 amide bonds. The molecular weight excluding hydrogens is 314 g/mol. The molecule has 0 aromatic heterocycles. The van der Waals surface area contributed by atoms with E-state index in [1.165, 1.54) is 12.3 Å². The topological polar surface area (TPSA) is 84.5 Å². The molecule has 0 aromatic rings. The second kappa shape index (κ2) is 10.5. The second-order valence-corrected chi connectivity index (χ2v) is 5.13. The van der Waals surface area contributed by atoms with Crippen molar-refractivity contribution in [1.82, 2.24) is 5.32 Å². The van der Waals surface area contributed by atoms with Gasteiger partial charge in [-0.15, -0.1) is 0 Å². The summed E-state index contributed by atoms with van der Waals surface area (Å²) in [7, 11) is 0. The van der Waals surface area contributed by atoms with Crippen molar-refractivity contribution in [1.29, 1.82) is 0 Å². The number of rotatable bonds is 7. The highest BCUT2D eigenvalue weighted by atomic mass is 16.1. The molecule has 1 heterocycles. The van der Waals surface area contributed by atoms with Crippen molar-refractivity contribution in [3.8, 4) is 0 Å². The quantitative estimate of drug-likeness (QED) is 0.553. The van der Waals surface area contributed by atoms with Gasteiger partial charge in [-0.05, 0) is 35.8 Å². The lowest BCUT2D eigenvalue weighted by molar-refractivity contribution is -0.116. The number of allylic oxidation sites excluding steroid dienone is 9. The Labute approximate surface area is 148 Å². The van der Waals surface area contributed by atoms with Crippen LogP contribution in [-0.2, 0) is 9.59 Å². The first-order chi connectivity index (χ1) is 12.0. The summed E-state index contributed by atoms with van der Waals surface area (Å²) in [6.45, 7) is 9.65. The van der Waals surface area contributed by atoms with Crippen LogP contribution in [0.1, 0.15) is 13.3 Å². The molecule has 1 aliphatic heterocycles. The molecule has 0 aromatic carbocycles. The lowest BCUT2D eigenvalue weighted by Gasteiger charge is -2.01. The van der Waals surface area contributed by atoms with Crippen molar-refractivity contribution in [2.45, 2.75) is 13.3 Å². The minimum atomic E-state index is -0.487. The van der Waals surface area contributed by atoms with Gasteiger partial charge in [-0.3, -0.25) is 14.6 Å². The third-order valence-corrected chi connectivity index (χ3v) is 3.34. The van der Waals surface area contributed by atoms with Crippen molar-refractivity contribution >= 4 is 17.5 Å². The van der Waals surface area contributed by atoms with Crippen LogP contribution >= 0.6 is 0 Å². The average Bonchev–Trinajstić information content (AvgIpc) is 2.70. The Morgan fingerprint density at radius 2 is 2.08 bits per heavy atom. The fourth-order valence-electron chi connectivity index (χ4n) is 1.84. The zero-order valence-corrected chi connectivity index (χ0v) is 14.4. The van der Waals surface area contributed by atoms with Gasteiger partial charge in [0.05, 0.1) is 6.54 Å². The molecule has 0 unspecified atom stereocenters. The summed E-state index contributed by atoms with van der Waals surface area (Å²) >= 11 is 0. The molecule has 25 heavy (non-hydrogen) atoms. The minimum absolute atomic E-state index is 0.265. The summed E-state index contributed by atoms with van der Waals surface area (Å²) in [5.41, 5.74) is 8.28. The standard InChI is InChI=1S/C20H23N3O2/c1-4-18-12-11-16(9-10-17(14-23-18)20(21)25)15(3)8-6-7-13-22-19(24)5-2/h5-13H,2-4,14H2,1H3,(H2,21,25)(H,22,24)/b8-6-,12-11?,13-7+,16-9?,17-10?,23-18?. The molecule has 0 atom stereocenters. The number of carbonyl (C=O) groups excluding carboxylic acids is 2. The highest BCUT2D eigenvalue weighted by Crippen LogP contribution is 2.14. The number of nitrogens with two attached hydrogens (primary N) is 1. The van der Waals surface area contributed by atoms with Gasteiger partial charge in [-0.25, -0.2) is 0 Å². The molecule has 1 rings (SSSR count). The van der Waals surface area contributed by atoms with Crippen LogP contribution in [0.3, 0.4) is 0 Å². The van der Waals surface area contributed by atoms with E-state index in [9.17, 15) is 9.59 Å². The molecule has 0 aliphatic carbocycles. The Balaban J connectivity index is 2.94. The van der Waals surface area contributed by atoms with E-state index < -0.39 is 5.91 Å². The van der Waals surface area contributed by atoms with E-state index in [2.05, 4.69) is 23.5 Å². The number of amides is 2. The van der Waals surface area contributed by atoms with Crippen LogP contribution in [0.25, 0.3) is 0 Å². The van der Waals surface area contributed by atoms with Gasteiger partial charge in [-0.1, -0.05) is 50.5 Å². The maximum atomic E-state index is 11.5. The minimum Gasteiger partial charge on any atom is -0.366 e. The summed E-state index contributed by atoms with van der Waals surface area (Å²) in [5, 5.41) is 2.52. The van der Waals surface area contributed by atoms with Crippen LogP contribution in [-0.4, -0.2) is 24.1 Å². The van der Waals surface area contributed by atoms with Gasteiger partial charge < -0.3 is 11.1 Å². The zero-order valence-electron chi connectivity index (χ0n) is 14.4. The lowest BCUT2D eigenvalue weighted by Crippen LogP contribution is -2.16. The number of nitrogens with one attached hydrogen (secondary N) is 1. The highest BCUT2D eigenvalue weighted by Gasteiger charge is 2.06. The second-order valence-electron chi connectivity index (χ2n) is 5.13. The highest BCUT2D eigenvalue weighted by molar-refractivity contribution is 5.97. The van der Waals surface area contributed by atoms with Gasteiger partial charge in [-0.2, -0.15) is 0 Å². The van der Waals surface area contributed by atoms with Crippen LogP contribution in [0, 0.1) is 0 Å². The summed E-state index contributed by atoms with van der Waals surface area (Å²) in [5.74, 6) is -0.764. The van der Waals surface area contributed by atoms with Gasteiger partial charge in [0.2, 0.25) is 11.8 Å². The van der Waals surface area contributed by atoms with E-state index in [1.54, 1.807) is 30.4 Å². The maximum absolute atomic E-state index is 11.5. The van der Waals surface area contributed by atoms with Crippen LogP contribution < -0.4 is 11.1 Å². The number of primary amides is 1. The van der Waals surface area contributed by atoms with Crippen LogP contribution in [0.2, 0.25) is 0 Å². The number of hydrogen-bond donors (Lipinski definition) is 2. The average molecular weight is 337 g/mol. The molecule has 0 saturated heterocycles. The normalized spacial score (nSPS) is 14.8. The maximum Gasteiger partial charge on any atom is 0.247 e. The monoisotopic (exact) mass is 337 g/mol. The zero-order chi connectivity index (χ0) is 18.7. The largest absolute Gasteiger partial charge is 0.366 e. The third-order valence-electron chi connectivity index (χ3n) is 3.34. The molecule has 5 nitrogen and oxygen atoms in total. The van der Waals surface area contributed by atoms with Crippen LogP contribution in [0.5, 0.6) is 0 Å². The number of carbonyl (C=O) groups is 2. The Bertz CT molecular complexity index is 732. The summed E-state index contributed by atoms with van der Waals surface area (Å²) < 4.78 is 0. The molecule has 0 radical (unpaired) electrons. The molecule has 130 valence electrons. The smallest absolute Gasteiger partial charge is 0.247 e. The van der Waals surface area contributed by atoms with Gasteiger partial charge >= 0.3 is 0 Å². The van der Waals surface area contributed by atoms with E-state index in [4.69, 9.17) is 5.73 Å². The first-order valence-corrected chi connectivity index (χ1v) is 7.85. The van der Waals surface area contributed by atoms with Gasteiger partial charge in [0.25, 0.3) is 0 Å². The molecule has 0 fully saturated rings. The van der Waals surface area contributed by atoms with Gasteiger partial charge in [0, 0.05) is 17.5 Å². The third kappa shape index (κ3) is 7.26. The molecule has 1 aliphatic rings. The Morgan fingerprint density at radius 1 is 1.32 bits per heavy atom. The Morgan fingerprint density at radius 3 is 2.72 bits per heavy atom. The van der Waals surface area contributed by atoms with Crippen molar-refractivity contribution in [2.75, 3.05) is 6.54 Å². The molecular formula is C20H23N3O2. The molecule has 0 bridgehead atoms. The fraction of sp³-hybridized carbons (Fsp3) is 0.150. The summed E-state index contributed by atoms with van der Waals surface area (Å²) in [6.07, 6.45) is 15.9. The van der Waals surface area contributed by atoms with E-state index in [-0.39, 0.29) is 12.5 Å².